The van der Waals surface area contributed by atoms with E-state index in [0.717, 1.165) is 38.0 Å². The van der Waals surface area contributed by atoms with Crippen LogP contribution in [0.15, 0.2) is 11.6 Å². The van der Waals surface area contributed by atoms with Crippen LogP contribution in [0.1, 0.15) is 12.8 Å². The minimum absolute atomic E-state index is 0.561. The Morgan fingerprint density at radius 1 is 1.50 bits per heavy atom. The van der Waals surface area contributed by atoms with Crippen LogP contribution in [0.25, 0.3) is 0 Å². The highest BCUT2D eigenvalue weighted by Crippen LogP contribution is 2.31. The van der Waals surface area contributed by atoms with E-state index in [1.165, 1.54) is 6.08 Å². The molecule has 0 aliphatic carbocycles. The summed E-state index contributed by atoms with van der Waals surface area (Å²) in [6.07, 6.45) is 3.70. The topological polar surface area (TPSA) is 40.5 Å². The Bertz CT molecular complexity index is 227. The van der Waals surface area contributed by atoms with Crippen molar-refractivity contribution < 1.29 is 9.90 Å². The molecule has 0 atom stereocenters. The van der Waals surface area contributed by atoms with Crippen LogP contribution in [0.4, 0.5) is 0 Å². The first-order chi connectivity index (χ1) is 5.75. The maximum atomic E-state index is 10.4. The van der Waals surface area contributed by atoms with Gasteiger partial charge >= 0.3 is 5.97 Å². The molecule has 3 aliphatic rings. The Balaban J connectivity index is 2.13. The summed E-state index contributed by atoms with van der Waals surface area (Å²) in [4.78, 5) is 12.8. The smallest absolute Gasteiger partial charge is 0.328 e. The van der Waals surface area contributed by atoms with E-state index in [-0.39, 0.29) is 0 Å². The lowest BCUT2D eigenvalue weighted by atomic mass is 9.84. The first kappa shape index (κ1) is 7.80. The van der Waals surface area contributed by atoms with Crippen molar-refractivity contribution in [3.63, 3.8) is 0 Å². The van der Waals surface area contributed by atoms with E-state index in [1.54, 1.807) is 0 Å². The average Bonchev–Trinajstić information content (AvgIpc) is 2.05. The average molecular weight is 167 g/mol. The van der Waals surface area contributed by atoms with Gasteiger partial charge in [-0.3, -0.25) is 4.90 Å². The van der Waals surface area contributed by atoms with Crippen molar-refractivity contribution in [1.82, 2.24) is 4.90 Å². The zero-order valence-electron chi connectivity index (χ0n) is 6.99. The van der Waals surface area contributed by atoms with Crippen molar-refractivity contribution >= 4 is 5.97 Å². The number of hydrogen-bond donors (Lipinski definition) is 1. The molecule has 0 unspecified atom stereocenters. The summed E-state index contributed by atoms with van der Waals surface area (Å²) < 4.78 is 0. The van der Waals surface area contributed by atoms with Crippen LogP contribution in [0.2, 0.25) is 0 Å². The largest absolute Gasteiger partial charge is 0.478 e. The summed E-state index contributed by atoms with van der Waals surface area (Å²) in [6.45, 7) is 3.19. The normalized spacial score (nSPS) is 37.2. The number of hydrogen-bond acceptors (Lipinski definition) is 2. The summed E-state index contributed by atoms with van der Waals surface area (Å²) in [6, 6.07) is 0. The van der Waals surface area contributed by atoms with Crippen LogP contribution in [0.3, 0.4) is 0 Å². The molecule has 3 fully saturated rings. The van der Waals surface area contributed by atoms with Crippen molar-refractivity contribution in [2.45, 2.75) is 12.8 Å². The van der Waals surface area contributed by atoms with Gasteiger partial charge in [0.25, 0.3) is 0 Å². The first-order valence-corrected chi connectivity index (χ1v) is 4.41. The molecular weight excluding hydrogens is 154 g/mol. The molecule has 1 N–H and O–H groups in total. The molecule has 3 rings (SSSR count). The minimum atomic E-state index is -0.793. The minimum Gasteiger partial charge on any atom is -0.478 e. The molecule has 0 aromatic heterocycles. The molecule has 0 amide bonds. The predicted molar refractivity (Wildman–Crippen MR) is 44.9 cm³/mol. The Kier molecular flexibility index (Phi) is 1.89. The molecule has 0 spiro atoms. The highest BCUT2D eigenvalue weighted by molar-refractivity contribution is 5.80. The van der Waals surface area contributed by atoms with E-state index in [0.29, 0.717) is 5.92 Å². The fraction of sp³-hybridized carbons (Fsp3) is 0.667. The number of carbonyl (C=O) groups is 1. The molecule has 3 heterocycles. The van der Waals surface area contributed by atoms with Crippen LogP contribution < -0.4 is 0 Å². The van der Waals surface area contributed by atoms with Gasteiger partial charge in [-0.25, -0.2) is 4.79 Å². The van der Waals surface area contributed by atoms with Gasteiger partial charge in [0.2, 0.25) is 0 Å². The van der Waals surface area contributed by atoms with E-state index in [1.807, 2.05) is 0 Å². The SMILES string of the molecule is O=C(O)/C=C1/CN2CCC1CC2. The molecule has 3 aliphatic heterocycles. The van der Waals surface area contributed by atoms with Crippen molar-refractivity contribution in [3.8, 4) is 0 Å². The second-order valence-corrected chi connectivity index (χ2v) is 3.61. The fourth-order valence-corrected chi connectivity index (χ4v) is 2.17. The van der Waals surface area contributed by atoms with Crippen molar-refractivity contribution in [3.05, 3.63) is 11.6 Å². The van der Waals surface area contributed by atoms with Crippen LogP contribution in [-0.4, -0.2) is 35.6 Å². The highest BCUT2D eigenvalue weighted by atomic mass is 16.4. The van der Waals surface area contributed by atoms with Crippen LogP contribution in [-0.2, 0) is 4.79 Å². The summed E-state index contributed by atoms with van der Waals surface area (Å²) in [5, 5.41) is 8.60. The fourth-order valence-electron chi connectivity index (χ4n) is 2.17. The molecule has 66 valence electrons. The van der Waals surface area contributed by atoms with Gasteiger partial charge < -0.3 is 5.11 Å². The van der Waals surface area contributed by atoms with Gasteiger partial charge in [0.1, 0.15) is 0 Å². The van der Waals surface area contributed by atoms with Gasteiger partial charge in [-0.2, -0.15) is 0 Å². The predicted octanol–water partition coefficient (Wildman–Crippen LogP) is 0.723. The number of aliphatic carboxylic acids is 1. The number of carboxylic acid groups (broad SMARTS) is 1. The van der Waals surface area contributed by atoms with Crippen LogP contribution in [0, 0.1) is 5.92 Å². The van der Waals surface area contributed by atoms with Crippen molar-refractivity contribution in [2.75, 3.05) is 19.6 Å². The third-order valence-electron chi connectivity index (χ3n) is 2.83. The summed E-state index contributed by atoms with van der Waals surface area (Å²) in [5.41, 5.74) is 1.12. The second kappa shape index (κ2) is 2.90. The number of rotatable bonds is 1. The van der Waals surface area contributed by atoms with Gasteiger partial charge in [0.15, 0.2) is 0 Å². The lowest BCUT2D eigenvalue weighted by Crippen LogP contribution is -2.43. The summed E-state index contributed by atoms with van der Waals surface area (Å²) >= 11 is 0. The Labute approximate surface area is 71.7 Å². The van der Waals surface area contributed by atoms with Crippen molar-refractivity contribution in [2.24, 2.45) is 5.92 Å². The Morgan fingerprint density at radius 3 is 2.58 bits per heavy atom. The van der Waals surface area contributed by atoms with Gasteiger partial charge in [-0.1, -0.05) is 0 Å². The first-order valence-electron chi connectivity index (χ1n) is 4.41. The lowest BCUT2D eigenvalue weighted by Gasteiger charge is -2.40. The molecule has 0 aromatic rings. The van der Waals surface area contributed by atoms with Gasteiger partial charge in [-0.05, 0) is 37.4 Å². The quantitative estimate of drug-likeness (QED) is 0.585. The van der Waals surface area contributed by atoms with Crippen LogP contribution >= 0.6 is 0 Å². The zero-order valence-corrected chi connectivity index (χ0v) is 6.99. The van der Waals surface area contributed by atoms with Crippen molar-refractivity contribution in [1.29, 1.82) is 0 Å². The lowest BCUT2D eigenvalue weighted by molar-refractivity contribution is -0.131. The van der Waals surface area contributed by atoms with Gasteiger partial charge in [-0.15, -0.1) is 0 Å². The van der Waals surface area contributed by atoms with E-state index in [4.69, 9.17) is 5.11 Å². The van der Waals surface area contributed by atoms with E-state index >= 15 is 0 Å². The maximum absolute atomic E-state index is 10.4. The van der Waals surface area contributed by atoms with Gasteiger partial charge in [0, 0.05) is 12.6 Å². The third kappa shape index (κ3) is 1.37. The molecule has 0 aromatic carbocycles. The van der Waals surface area contributed by atoms with Gasteiger partial charge in [0.05, 0.1) is 0 Å². The highest BCUT2D eigenvalue weighted by Gasteiger charge is 2.29. The molecule has 0 saturated carbocycles. The number of piperidine rings is 3. The van der Waals surface area contributed by atoms with E-state index in [2.05, 4.69) is 4.90 Å². The maximum Gasteiger partial charge on any atom is 0.328 e. The van der Waals surface area contributed by atoms with E-state index < -0.39 is 5.97 Å². The Hall–Kier alpha value is -0.830. The molecule has 0 radical (unpaired) electrons. The molecule has 3 saturated heterocycles. The molecular formula is C9H13NO2. The molecule has 2 bridgehead atoms. The molecule has 3 heteroatoms. The summed E-state index contributed by atoms with van der Waals surface area (Å²) in [5.74, 6) is -0.232. The summed E-state index contributed by atoms with van der Waals surface area (Å²) in [7, 11) is 0. The number of carboxylic acids is 1. The van der Waals surface area contributed by atoms with E-state index in [9.17, 15) is 4.79 Å². The number of nitrogens with zero attached hydrogens (tertiary/aromatic N) is 1. The number of fused-ring (bicyclic) bond motifs is 3. The second-order valence-electron chi connectivity index (χ2n) is 3.61. The molecule has 12 heavy (non-hydrogen) atoms. The molecule has 3 nitrogen and oxygen atoms in total. The third-order valence-corrected chi connectivity index (χ3v) is 2.83. The standard InChI is InChI=1S/C9H13NO2/c11-9(12)5-8-6-10-3-1-7(8)2-4-10/h5,7H,1-4,6H2,(H,11,12)/b8-5-. The monoisotopic (exact) mass is 167 g/mol. The Morgan fingerprint density at radius 2 is 2.17 bits per heavy atom. The van der Waals surface area contributed by atoms with Crippen LogP contribution in [0.5, 0.6) is 0 Å². The zero-order chi connectivity index (χ0) is 8.55.